The van der Waals surface area contributed by atoms with E-state index in [1.165, 1.54) is 12.0 Å². The van der Waals surface area contributed by atoms with Crippen LogP contribution < -0.4 is 15.0 Å². The number of hydrogen-bond donors (Lipinski definition) is 1. The normalized spacial score (nSPS) is 15.0. The quantitative estimate of drug-likeness (QED) is 0.282. The Morgan fingerprint density at radius 2 is 1.69 bits per heavy atom. The van der Waals surface area contributed by atoms with E-state index >= 15 is 0 Å². The lowest BCUT2D eigenvalue weighted by Crippen LogP contribution is -2.49. The van der Waals surface area contributed by atoms with E-state index in [1.807, 2.05) is 24.3 Å². The van der Waals surface area contributed by atoms with Crippen molar-refractivity contribution in [1.82, 2.24) is 20.3 Å². The lowest BCUT2D eigenvalue weighted by Gasteiger charge is -2.35. The Bertz CT molecular complexity index is 1560. The minimum atomic E-state index is -1.05. The molecule has 42 heavy (non-hydrogen) atoms. The molecule has 0 bridgehead atoms. The maximum atomic E-state index is 14.6. The van der Waals surface area contributed by atoms with Crippen LogP contribution in [0.25, 0.3) is 11.0 Å². The molecule has 1 fully saturated rings. The highest BCUT2D eigenvalue weighted by molar-refractivity contribution is 6.04. The molecule has 218 valence electrons. The Balaban J connectivity index is 1.63. The molecular formula is C32H35N5O5. The predicted octanol–water partition coefficient (Wildman–Crippen LogP) is 5.01. The Kier molecular flexibility index (Phi) is 8.80. The van der Waals surface area contributed by atoms with Gasteiger partial charge in [0.1, 0.15) is 23.3 Å². The van der Waals surface area contributed by atoms with Crippen LogP contribution in [0.1, 0.15) is 67.0 Å². The molecule has 5 rings (SSSR count). The van der Waals surface area contributed by atoms with Crippen molar-refractivity contribution in [3.63, 3.8) is 0 Å². The van der Waals surface area contributed by atoms with Crippen LogP contribution in [0.5, 0.6) is 5.75 Å². The van der Waals surface area contributed by atoms with Crippen molar-refractivity contribution in [3.05, 3.63) is 83.9 Å². The molecule has 1 aliphatic carbocycles. The number of rotatable bonds is 9. The Morgan fingerprint density at radius 1 is 0.952 bits per heavy atom. The molecule has 2 atom stereocenters. The third-order valence-electron chi connectivity index (χ3n) is 7.77. The van der Waals surface area contributed by atoms with Gasteiger partial charge in [0.15, 0.2) is 0 Å². The largest absolute Gasteiger partial charge is 0.497 e. The maximum Gasteiger partial charge on any atom is 0.337 e. The van der Waals surface area contributed by atoms with Crippen LogP contribution in [-0.4, -0.2) is 53.0 Å². The van der Waals surface area contributed by atoms with Gasteiger partial charge in [-0.3, -0.25) is 14.5 Å². The number of carbonyl (C=O) groups is 3. The minimum absolute atomic E-state index is 0.0158. The van der Waals surface area contributed by atoms with E-state index in [0.717, 1.165) is 32.1 Å². The first-order chi connectivity index (χ1) is 20.4. The number of benzene rings is 3. The summed E-state index contributed by atoms with van der Waals surface area (Å²) in [4.78, 5) is 42.7. The van der Waals surface area contributed by atoms with E-state index in [9.17, 15) is 14.4 Å². The van der Waals surface area contributed by atoms with Crippen molar-refractivity contribution in [2.75, 3.05) is 19.1 Å². The number of ether oxygens (including phenoxy) is 2. The summed E-state index contributed by atoms with van der Waals surface area (Å²) in [5.41, 5.74) is 2.57. The molecule has 1 aliphatic rings. The molecule has 2 amide bonds. The first-order valence-electron chi connectivity index (χ1n) is 14.2. The van der Waals surface area contributed by atoms with Gasteiger partial charge in [-0.05, 0) is 67.8 Å². The van der Waals surface area contributed by atoms with E-state index < -0.39 is 24.0 Å². The van der Waals surface area contributed by atoms with Crippen LogP contribution in [0.2, 0.25) is 0 Å². The molecule has 1 heterocycles. The predicted molar refractivity (Wildman–Crippen MR) is 158 cm³/mol. The van der Waals surface area contributed by atoms with Crippen LogP contribution in [0.4, 0.5) is 5.69 Å². The summed E-state index contributed by atoms with van der Waals surface area (Å²) in [6.45, 7) is 1.73. The molecule has 3 aromatic carbocycles. The van der Waals surface area contributed by atoms with Gasteiger partial charge < -0.3 is 14.8 Å². The fraction of sp³-hybridized carbons (Fsp3) is 0.344. The van der Waals surface area contributed by atoms with E-state index in [0.29, 0.717) is 28.0 Å². The number of nitrogens with one attached hydrogen (secondary N) is 1. The number of methoxy groups -OCH3 is 2. The highest BCUT2D eigenvalue weighted by atomic mass is 16.5. The lowest BCUT2D eigenvalue weighted by molar-refractivity contribution is -0.128. The number of nitrogens with zero attached hydrogens (tertiary/aromatic N) is 4. The van der Waals surface area contributed by atoms with E-state index in [-0.39, 0.29) is 17.5 Å². The smallest absolute Gasteiger partial charge is 0.337 e. The number of carbonyl (C=O) groups excluding carboxylic acids is 3. The van der Waals surface area contributed by atoms with Gasteiger partial charge in [0.25, 0.3) is 5.91 Å². The molecule has 0 radical (unpaired) electrons. The van der Waals surface area contributed by atoms with Crippen molar-refractivity contribution >= 4 is 34.5 Å². The Labute approximate surface area is 244 Å². The first-order valence-corrected chi connectivity index (χ1v) is 14.2. The van der Waals surface area contributed by atoms with Crippen molar-refractivity contribution in [3.8, 4) is 5.75 Å². The van der Waals surface area contributed by atoms with Gasteiger partial charge in [-0.25, -0.2) is 9.48 Å². The van der Waals surface area contributed by atoms with Gasteiger partial charge in [0, 0.05) is 11.7 Å². The topological polar surface area (TPSA) is 116 Å². The molecule has 10 heteroatoms. The zero-order valence-electron chi connectivity index (χ0n) is 24.0. The SMILES string of the molecule is COC(=O)c1cccc(N(C(=O)[C@H](C)n2nnc3ccccc32)[C@@H](C(=O)NC2CCCCC2)c2ccc(OC)cc2)c1. The van der Waals surface area contributed by atoms with Gasteiger partial charge >= 0.3 is 5.97 Å². The van der Waals surface area contributed by atoms with Crippen LogP contribution in [-0.2, 0) is 14.3 Å². The van der Waals surface area contributed by atoms with Crippen molar-refractivity contribution < 1.29 is 23.9 Å². The van der Waals surface area contributed by atoms with Gasteiger partial charge in [0.2, 0.25) is 5.91 Å². The Morgan fingerprint density at radius 3 is 2.40 bits per heavy atom. The molecule has 1 aromatic heterocycles. The first kappa shape index (κ1) is 28.8. The average molecular weight is 570 g/mol. The summed E-state index contributed by atoms with van der Waals surface area (Å²) >= 11 is 0. The Hall–Kier alpha value is -4.73. The van der Waals surface area contributed by atoms with Crippen molar-refractivity contribution in [2.24, 2.45) is 0 Å². The van der Waals surface area contributed by atoms with E-state index in [2.05, 4.69) is 15.6 Å². The maximum absolute atomic E-state index is 14.6. The summed E-state index contributed by atoms with van der Waals surface area (Å²) < 4.78 is 11.9. The third kappa shape index (κ3) is 5.97. The molecule has 0 unspecified atom stereocenters. The molecule has 10 nitrogen and oxygen atoms in total. The van der Waals surface area contributed by atoms with Crippen LogP contribution >= 0.6 is 0 Å². The highest BCUT2D eigenvalue weighted by Gasteiger charge is 2.37. The number of hydrogen-bond acceptors (Lipinski definition) is 7. The van der Waals surface area contributed by atoms with Gasteiger partial charge in [-0.1, -0.05) is 54.8 Å². The second kappa shape index (κ2) is 12.8. The fourth-order valence-corrected chi connectivity index (χ4v) is 5.51. The summed E-state index contributed by atoms with van der Waals surface area (Å²) in [5.74, 6) is -0.628. The fourth-order valence-electron chi connectivity index (χ4n) is 5.51. The summed E-state index contributed by atoms with van der Waals surface area (Å²) in [7, 11) is 2.87. The molecule has 1 N–H and O–H groups in total. The number of aromatic nitrogens is 3. The van der Waals surface area contributed by atoms with Crippen LogP contribution in [0.15, 0.2) is 72.8 Å². The second-order valence-corrected chi connectivity index (χ2v) is 10.5. The third-order valence-corrected chi connectivity index (χ3v) is 7.77. The monoisotopic (exact) mass is 569 g/mol. The second-order valence-electron chi connectivity index (χ2n) is 10.5. The molecule has 0 spiro atoms. The van der Waals surface area contributed by atoms with Gasteiger partial charge in [-0.2, -0.15) is 0 Å². The lowest BCUT2D eigenvalue weighted by atomic mass is 9.94. The highest BCUT2D eigenvalue weighted by Crippen LogP contribution is 2.33. The average Bonchev–Trinajstić information content (AvgIpc) is 3.47. The zero-order valence-corrected chi connectivity index (χ0v) is 24.0. The van der Waals surface area contributed by atoms with Crippen molar-refractivity contribution in [1.29, 1.82) is 0 Å². The number of amides is 2. The van der Waals surface area contributed by atoms with Gasteiger partial charge in [-0.15, -0.1) is 5.10 Å². The number of fused-ring (bicyclic) bond motifs is 1. The summed E-state index contributed by atoms with van der Waals surface area (Å²) in [5, 5.41) is 11.7. The number of para-hydroxylation sites is 1. The molecule has 0 aliphatic heterocycles. The van der Waals surface area contributed by atoms with E-state index in [4.69, 9.17) is 9.47 Å². The summed E-state index contributed by atoms with van der Waals surface area (Å²) in [6.07, 6.45) is 4.99. The van der Waals surface area contributed by atoms with Crippen LogP contribution in [0.3, 0.4) is 0 Å². The molecule has 4 aromatic rings. The van der Waals surface area contributed by atoms with Crippen LogP contribution in [0, 0.1) is 0 Å². The van der Waals surface area contributed by atoms with Gasteiger partial charge in [0.05, 0.1) is 25.3 Å². The molecule has 1 saturated carbocycles. The standard InChI is InChI=1S/C32H35N5O5/c1-21(37-28-15-8-7-14-27(28)34-35-37)31(39)36(25-13-9-10-23(20-25)32(40)42-3)29(22-16-18-26(41-2)19-17-22)30(38)33-24-11-5-4-6-12-24/h7-10,13-21,24,29H,4-6,11-12H2,1-3H3,(H,33,38)/t21-,29+/m0/s1. The molecular weight excluding hydrogens is 534 g/mol. The molecule has 0 saturated heterocycles. The zero-order chi connectivity index (χ0) is 29.6. The van der Waals surface area contributed by atoms with E-state index in [1.54, 1.807) is 67.2 Å². The summed E-state index contributed by atoms with van der Waals surface area (Å²) in [6, 6.07) is 19.2. The number of anilines is 1. The minimum Gasteiger partial charge on any atom is -0.497 e. The van der Waals surface area contributed by atoms with Crippen molar-refractivity contribution in [2.45, 2.75) is 57.2 Å². The number of esters is 1.